The Morgan fingerprint density at radius 3 is 2.32 bits per heavy atom. The number of imidazole rings is 1. The Labute approximate surface area is 143 Å². The molecule has 0 saturated heterocycles. The fourth-order valence-electron chi connectivity index (χ4n) is 2.29. The van der Waals surface area contributed by atoms with Crippen LogP contribution < -0.4 is 23.0 Å². The molecule has 0 saturated carbocycles. The molecular formula is C14H13ClN4O6. The first-order chi connectivity index (χ1) is 11.7. The lowest BCUT2D eigenvalue weighted by molar-refractivity contribution is -2.00. The second-order valence-corrected chi connectivity index (χ2v) is 5.52. The van der Waals surface area contributed by atoms with Crippen LogP contribution in [0.5, 0.6) is 0 Å². The molecule has 132 valence electrons. The predicted octanol–water partition coefficient (Wildman–Crippen LogP) is -2.54. The quantitative estimate of drug-likeness (QED) is 0.280. The van der Waals surface area contributed by atoms with Crippen LogP contribution in [-0.4, -0.2) is 14.5 Å². The zero-order chi connectivity index (χ0) is 18.6. The van der Waals surface area contributed by atoms with Gasteiger partial charge < -0.3 is 0 Å². The summed E-state index contributed by atoms with van der Waals surface area (Å²) in [6.07, 6.45) is 5.66. The van der Waals surface area contributed by atoms with Crippen molar-refractivity contribution in [2.45, 2.75) is 13.5 Å². The van der Waals surface area contributed by atoms with Crippen LogP contribution in [0.15, 0.2) is 48.9 Å². The van der Waals surface area contributed by atoms with Crippen molar-refractivity contribution in [2.75, 3.05) is 0 Å². The molecule has 1 aromatic carbocycles. The largest absolute Gasteiger partial charge is 0.403 e. The normalized spacial score (nSPS) is 11.1. The number of halogens is 1. The maximum absolute atomic E-state index is 10.7. The zero-order valence-corrected chi connectivity index (χ0v) is 13.7. The van der Waals surface area contributed by atoms with Crippen LogP contribution in [0.4, 0.5) is 5.69 Å². The number of hydrogen-bond acceptors (Lipinski definition) is 7. The fourth-order valence-corrected chi connectivity index (χ4v) is 2.29. The van der Waals surface area contributed by atoms with Gasteiger partial charge in [0.15, 0.2) is 0 Å². The van der Waals surface area contributed by atoms with Gasteiger partial charge in [-0.1, -0.05) is 4.98 Å². The maximum atomic E-state index is 10.7. The molecule has 2 aromatic heterocycles. The molecular weight excluding hydrogens is 356 g/mol. The second kappa shape index (κ2) is 7.51. The predicted molar refractivity (Wildman–Crippen MR) is 73.2 cm³/mol. The standard InChI is InChI=1S/C14H13N4O2.ClHO4/c1-2-17-13(10-16-9-3-8-15-14(16)17)11-4-6-12(7-5-11)18(19)20;2-1(3,4)5/h3-10H,2H2,1H3;(H,2,3,4,5)/q+1;/p-1. The van der Waals surface area contributed by atoms with Crippen molar-refractivity contribution in [1.82, 2.24) is 9.55 Å². The lowest BCUT2D eigenvalue weighted by atomic mass is 10.1. The number of aryl methyl sites for hydroxylation is 1. The molecule has 0 aliphatic heterocycles. The lowest BCUT2D eigenvalue weighted by Crippen LogP contribution is -2.68. The van der Waals surface area contributed by atoms with Gasteiger partial charge in [-0.15, -0.1) is 10.2 Å². The molecule has 3 rings (SSSR count). The molecule has 0 fully saturated rings. The van der Waals surface area contributed by atoms with Crippen molar-refractivity contribution in [3.8, 4) is 11.3 Å². The molecule has 0 aliphatic carbocycles. The second-order valence-electron chi connectivity index (χ2n) is 4.77. The van der Waals surface area contributed by atoms with Crippen LogP contribution in [0, 0.1) is 20.4 Å². The molecule has 25 heavy (non-hydrogen) atoms. The molecule has 0 bridgehead atoms. The SMILES string of the molecule is CCn1c(-c2ccc([N+](=O)[O-])cc2)c[n+]2cccnc12.[O-][Cl+3]([O-])([O-])[O-]. The summed E-state index contributed by atoms with van der Waals surface area (Å²) >= 11 is 0. The summed E-state index contributed by atoms with van der Waals surface area (Å²) in [7, 11) is -4.94. The van der Waals surface area contributed by atoms with E-state index < -0.39 is 15.2 Å². The Morgan fingerprint density at radius 2 is 1.80 bits per heavy atom. The topological polar surface area (TPSA) is 157 Å². The maximum Gasteiger partial charge on any atom is 0.403 e. The Morgan fingerprint density at radius 1 is 1.20 bits per heavy atom. The van der Waals surface area contributed by atoms with Crippen LogP contribution in [-0.2, 0) is 6.54 Å². The van der Waals surface area contributed by atoms with Crippen molar-refractivity contribution < 1.29 is 38.2 Å². The van der Waals surface area contributed by atoms with Crippen molar-refractivity contribution in [2.24, 2.45) is 0 Å². The van der Waals surface area contributed by atoms with Crippen molar-refractivity contribution >= 4 is 11.5 Å². The molecule has 0 spiro atoms. The number of hydrogen-bond donors (Lipinski definition) is 0. The first kappa shape index (κ1) is 18.7. The van der Waals surface area contributed by atoms with Gasteiger partial charge in [0.1, 0.15) is 18.1 Å². The summed E-state index contributed by atoms with van der Waals surface area (Å²) < 4.78 is 38.0. The number of rotatable bonds is 3. The lowest BCUT2D eigenvalue weighted by Gasteiger charge is -2.17. The van der Waals surface area contributed by atoms with Gasteiger partial charge in [0.05, 0.1) is 17.7 Å². The zero-order valence-electron chi connectivity index (χ0n) is 12.9. The molecule has 0 unspecified atom stereocenters. The third-order valence-electron chi connectivity index (χ3n) is 3.24. The van der Waals surface area contributed by atoms with E-state index in [-0.39, 0.29) is 5.69 Å². The number of aromatic nitrogens is 3. The van der Waals surface area contributed by atoms with Crippen LogP contribution in [0.3, 0.4) is 0 Å². The van der Waals surface area contributed by atoms with Crippen LogP contribution >= 0.6 is 0 Å². The van der Waals surface area contributed by atoms with E-state index in [9.17, 15) is 10.1 Å². The van der Waals surface area contributed by atoms with E-state index >= 15 is 0 Å². The highest BCUT2D eigenvalue weighted by Gasteiger charge is 2.18. The van der Waals surface area contributed by atoms with E-state index in [1.165, 1.54) is 12.1 Å². The third-order valence-corrected chi connectivity index (χ3v) is 3.24. The van der Waals surface area contributed by atoms with Crippen LogP contribution in [0.25, 0.3) is 17.0 Å². The fraction of sp³-hybridized carbons (Fsp3) is 0.143. The number of nitro benzene ring substituents is 1. The highest BCUT2D eigenvalue weighted by molar-refractivity contribution is 5.62. The summed E-state index contributed by atoms with van der Waals surface area (Å²) in [5.74, 6) is 0.850. The van der Waals surface area contributed by atoms with Gasteiger partial charge in [0, 0.05) is 23.8 Å². The van der Waals surface area contributed by atoms with E-state index in [0.29, 0.717) is 0 Å². The van der Waals surface area contributed by atoms with E-state index in [2.05, 4.69) is 9.55 Å². The van der Waals surface area contributed by atoms with E-state index in [4.69, 9.17) is 18.6 Å². The van der Waals surface area contributed by atoms with Gasteiger partial charge in [-0.05, 0) is 19.1 Å². The molecule has 0 radical (unpaired) electrons. The highest BCUT2D eigenvalue weighted by Crippen LogP contribution is 2.22. The minimum absolute atomic E-state index is 0.0960. The Hall–Kier alpha value is -2.63. The summed E-state index contributed by atoms with van der Waals surface area (Å²) in [4.78, 5) is 14.7. The van der Waals surface area contributed by atoms with E-state index in [1.54, 1.807) is 18.3 Å². The summed E-state index contributed by atoms with van der Waals surface area (Å²) in [6, 6.07) is 8.43. The Balaban J connectivity index is 0.000000399. The molecule has 0 aliphatic rings. The first-order valence-electron chi connectivity index (χ1n) is 6.93. The summed E-state index contributed by atoms with van der Waals surface area (Å²) in [6.45, 7) is 2.82. The Bertz CT molecular complexity index is 869. The molecule has 0 N–H and O–H groups in total. The van der Waals surface area contributed by atoms with Gasteiger partial charge >= 0.3 is 5.78 Å². The minimum atomic E-state index is -4.94. The van der Waals surface area contributed by atoms with Crippen LogP contribution in [0.2, 0.25) is 0 Å². The molecule has 2 heterocycles. The number of nitro groups is 1. The van der Waals surface area contributed by atoms with Gasteiger partial charge in [0.2, 0.25) is 0 Å². The van der Waals surface area contributed by atoms with E-state index in [1.807, 2.05) is 29.8 Å². The minimum Gasteiger partial charge on any atom is -0.258 e. The van der Waals surface area contributed by atoms with Crippen molar-refractivity contribution in [3.05, 3.63) is 59.0 Å². The number of nitrogens with zero attached hydrogens (tertiary/aromatic N) is 4. The molecule has 11 heteroatoms. The number of fused-ring (bicyclic) bond motifs is 1. The van der Waals surface area contributed by atoms with Crippen molar-refractivity contribution in [3.63, 3.8) is 0 Å². The van der Waals surface area contributed by atoms with Gasteiger partial charge in [-0.2, -0.15) is 0 Å². The van der Waals surface area contributed by atoms with Gasteiger partial charge in [-0.25, -0.2) is 27.6 Å². The van der Waals surface area contributed by atoms with Crippen LogP contribution in [0.1, 0.15) is 6.92 Å². The number of benzene rings is 1. The number of non-ortho nitro benzene ring substituents is 1. The summed E-state index contributed by atoms with van der Waals surface area (Å²) in [5.41, 5.74) is 2.02. The molecule has 0 amide bonds. The highest BCUT2D eigenvalue weighted by atomic mass is 35.7. The van der Waals surface area contributed by atoms with E-state index in [0.717, 1.165) is 23.6 Å². The smallest absolute Gasteiger partial charge is 0.258 e. The molecule has 3 aromatic rings. The monoisotopic (exact) mass is 368 g/mol. The molecule has 10 nitrogen and oxygen atoms in total. The van der Waals surface area contributed by atoms with Crippen molar-refractivity contribution in [1.29, 1.82) is 0 Å². The third kappa shape index (κ3) is 4.92. The molecule has 0 atom stereocenters. The average Bonchev–Trinajstić information content (AvgIpc) is 2.92. The van der Waals surface area contributed by atoms with Gasteiger partial charge in [-0.3, -0.25) is 10.1 Å². The Kier molecular flexibility index (Phi) is 5.62. The summed E-state index contributed by atoms with van der Waals surface area (Å²) in [5, 5.41) is 10.7. The average molecular weight is 369 g/mol. The first-order valence-corrected chi connectivity index (χ1v) is 8.16. The van der Waals surface area contributed by atoms with Gasteiger partial charge in [0.25, 0.3) is 5.69 Å².